The largest absolute Gasteiger partial charge is 0.487 e. The third-order valence-corrected chi connectivity index (χ3v) is 2.75. The molecule has 0 amide bonds. The second-order valence-electron chi connectivity index (χ2n) is 4.55. The van der Waals surface area contributed by atoms with E-state index in [1.165, 1.54) is 0 Å². The first-order valence-electron chi connectivity index (χ1n) is 5.60. The SMILES string of the molecule is CCNCC(C)(C)Oc1ccc(Cl)c(C)c1. The van der Waals surface area contributed by atoms with Crippen LogP contribution >= 0.6 is 11.6 Å². The average Bonchev–Trinajstić information content (AvgIpc) is 2.20. The number of benzene rings is 1. The fourth-order valence-electron chi connectivity index (χ4n) is 1.46. The van der Waals surface area contributed by atoms with Crippen LogP contribution in [-0.2, 0) is 0 Å². The summed E-state index contributed by atoms with van der Waals surface area (Å²) >= 11 is 5.97. The van der Waals surface area contributed by atoms with Crippen molar-refractivity contribution in [1.82, 2.24) is 5.32 Å². The van der Waals surface area contributed by atoms with E-state index in [9.17, 15) is 0 Å². The van der Waals surface area contributed by atoms with Gasteiger partial charge in [-0.25, -0.2) is 0 Å². The first kappa shape index (κ1) is 13.3. The Morgan fingerprint density at radius 3 is 2.62 bits per heavy atom. The molecule has 0 atom stereocenters. The number of hydrogen-bond donors (Lipinski definition) is 1. The molecule has 0 heterocycles. The monoisotopic (exact) mass is 241 g/mol. The molecule has 1 N–H and O–H groups in total. The van der Waals surface area contributed by atoms with Gasteiger partial charge in [-0.05, 0) is 51.1 Å². The molecule has 0 aliphatic heterocycles. The highest BCUT2D eigenvalue weighted by Crippen LogP contribution is 2.24. The molecule has 0 fully saturated rings. The van der Waals surface area contributed by atoms with Crippen molar-refractivity contribution < 1.29 is 4.74 Å². The molecule has 2 nitrogen and oxygen atoms in total. The maximum atomic E-state index is 5.97. The third-order valence-electron chi connectivity index (χ3n) is 2.32. The summed E-state index contributed by atoms with van der Waals surface area (Å²) in [6, 6.07) is 5.74. The first-order valence-corrected chi connectivity index (χ1v) is 5.98. The fraction of sp³-hybridized carbons (Fsp3) is 0.538. The Morgan fingerprint density at radius 1 is 1.38 bits per heavy atom. The van der Waals surface area contributed by atoms with Gasteiger partial charge in [0, 0.05) is 11.6 Å². The molecule has 0 spiro atoms. The van der Waals surface area contributed by atoms with Crippen LogP contribution in [0.25, 0.3) is 0 Å². The van der Waals surface area contributed by atoms with Crippen LogP contribution < -0.4 is 10.1 Å². The van der Waals surface area contributed by atoms with E-state index in [1.54, 1.807) is 0 Å². The van der Waals surface area contributed by atoms with Gasteiger partial charge in [0.2, 0.25) is 0 Å². The molecule has 1 aromatic carbocycles. The van der Waals surface area contributed by atoms with Crippen LogP contribution in [0.3, 0.4) is 0 Å². The zero-order valence-corrected chi connectivity index (χ0v) is 11.2. The highest BCUT2D eigenvalue weighted by molar-refractivity contribution is 6.31. The normalized spacial score (nSPS) is 11.6. The molecule has 0 saturated carbocycles. The molecule has 0 aromatic heterocycles. The van der Waals surface area contributed by atoms with E-state index < -0.39 is 0 Å². The predicted octanol–water partition coefficient (Wildman–Crippen LogP) is 3.42. The number of ether oxygens (including phenoxy) is 1. The van der Waals surface area contributed by atoms with E-state index >= 15 is 0 Å². The minimum Gasteiger partial charge on any atom is -0.487 e. The summed E-state index contributed by atoms with van der Waals surface area (Å²) in [4.78, 5) is 0. The van der Waals surface area contributed by atoms with E-state index in [0.717, 1.165) is 29.4 Å². The molecule has 1 aromatic rings. The van der Waals surface area contributed by atoms with Crippen molar-refractivity contribution in [3.05, 3.63) is 28.8 Å². The Balaban J connectivity index is 2.68. The minimum atomic E-state index is -0.212. The Kier molecular flexibility index (Phi) is 4.63. The fourth-order valence-corrected chi connectivity index (χ4v) is 1.58. The van der Waals surface area contributed by atoms with Crippen molar-refractivity contribution >= 4 is 11.6 Å². The van der Waals surface area contributed by atoms with Crippen LogP contribution in [0.15, 0.2) is 18.2 Å². The van der Waals surface area contributed by atoms with Crippen molar-refractivity contribution in [1.29, 1.82) is 0 Å². The Morgan fingerprint density at radius 2 is 2.06 bits per heavy atom. The molecule has 0 radical (unpaired) electrons. The standard InChI is InChI=1S/C13H20ClNO/c1-5-15-9-13(3,4)16-11-6-7-12(14)10(2)8-11/h6-8,15H,5,9H2,1-4H3. The third kappa shape index (κ3) is 4.03. The molecule has 16 heavy (non-hydrogen) atoms. The van der Waals surface area contributed by atoms with Crippen LogP contribution in [0.5, 0.6) is 5.75 Å². The number of aryl methyl sites for hydroxylation is 1. The van der Waals surface area contributed by atoms with Gasteiger partial charge in [0.05, 0.1) is 0 Å². The zero-order chi connectivity index (χ0) is 12.2. The summed E-state index contributed by atoms with van der Waals surface area (Å²) in [5.41, 5.74) is 0.828. The summed E-state index contributed by atoms with van der Waals surface area (Å²) in [6.07, 6.45) is 0. The summed E-state index contributed by atoms with van der Waals surface area (Å²) < 4.78 is 5.92. The lowest BCUT2D eigenvalue weighted by Crippen LogP contribution is -2.40. The number of likely N-dealkylation sites (N-methyl/N-ethyl adjacent to an activating group) is 1. The molecular weight excluding hydrogens is 222 g/mol. The van der Waals surface area contributed by atoms with Gasteiger partial charge in [0.15, 0.2) is 0 Å². The number of nitrogens with one attached hydrogen (secondary N) is 1. The summed E-state index contributed by atoms with van der Waals surface area (Å²) in [7, 11) is 0. The van der Waals surface area contributed by atoms with E-state index in [-0.39, 0.29) is 5.60 Å². The lowest BCUT2D eigenvalue weighted by atomic mass is 10.1. The minimum absolute atomic E-state index is 0.212. The summed E-state index contributed by atoms with van der Waals surface area (Å²) in [5, 5.41) is 4.06. The molecule has 0 bridgehead atoms. The van der Waals surface area contributed by atoms with Crippen LogP contribution in [0.2, 0.25) is 5.02 Å². The molecule has 0 aliphatic rings. The van der Waals surface area contributed by atoms with Gasteiger partial charge in [-0.15, -0.1) is 0 Å². The molecule has 0 unspecified atom stereocenters. The van der Waals surface area contributed by atoms with E-state index in [1.807, 2.05) is 25.1 Å². The van der Waals surface area contributed by atoms with Crippen LogP contribution in [0, 0.1) is 6.92 Å². The lowest BCUT2D eigenvalue weighted by Gasteiger charge is -2.27. The van der Waals surface area contributed by atoms with Crippen molar-refractivity contribution in [2.75, 3.05) is 13.1 Å². The molecule has 0 aliphatic carbocycles. The van der Waals surface area contributed by atoms with Crippen molar-refractivity contribution in [2.24, 2.45) is 0 Å². The molecule has 1 rings (SSSR count). The molecule has 90 valence electrons. The first-order chi connectivity index (χ1) is 7.44. The number of hydrogen-bond acceptors (Lipinski definition) is 2. The van der Waals surface area contributed by atoms with Crippen molar-refractivity contribution in [3.8, 4) is 5.75 Å². The van der Waals surface area contributed by atoms with E-state index in [0.29, 0.717) is 0 Å². The van der Waals surface area contributed by atoms with Crippen LogP contribution in [-0.4, -0.2) is 18.7 Å². The molecule has 0 saturated heterocycles. The number of halogens is 1. The Bertz CT molecular complexity index is 350. The van der Waals surface area contributed by atoms with Gasteiger partial charge < -0.3 is 10.1 Å². The molecular formula is C13H20ClNO. The van der Waals surface area contributed by atoms with E-state index in [2.05, 4.69) is 26.1 Å². The Labute approximate surface area is 103 Å². The maximum Gasteiger partial charge on any atom is 0.120 e. The smallest absolute Gasteiger partial charge is 0.120 e. The van der Waals surface area contributed by atoms with Crippen molar-refractivity contribution in [2.45, 2.75) is 33.3 Å². The summed E-state index contributed by atoms with van der Waals surface area (Å²) in [5.74, 6) is 0.866. The average molecular weight is 242 g/mol. The highest BCUT2D eigenvalue weighted by Gasteiger charge is 2.19. The maximum absolute atomic E-state index is 5.97. The van der Waals surface area contributed by atoms with Gasteiger partial charge in [-0.1, -0.05) is 18.5 Å². The Hall–Kier alpha value is -0.730. The molecule has 3 heteroatoms. The van der Waals surface area contributed by atoms with Crippen LogP contribution in [0.4, 0.5) is 0 Å². The highest BCUT2D eigenvalue weighted by atomic mass is 35.5. The van der Waals surface area contributed by atoms with Gasteiger partial charge in [-0.2, -0.15) is 0 Å². The van der Waals surface area contributed by atoms with Crippen molar-refractivity contribution in [3.63, 3.8) is 0 Å². The van der Waals surface area contributed by atoms with E-state index in [4.69, 9.17) is 16.3 Å². The second kappa shape index (κ2) is 5.55. The lowest BCUT2D eigenvalue weighted by molar-refractivity contribution is 0.109. The predicted molar refractivity (Wildman–Crippen MR) is 69.4 cm³/mol. The van der Waals surface area contributed by atoms with Gasteiger partial charge in [-0.3, -0.25) is 0 Å². The van der Waals surface area contributed by atoms with Gasteiger partial charge >= 0.3 is 0 Å². The topological polar surface area (TPSA) is 21.3 Å². The summed E-state index contributed by atoms with van der Waals surface area (Å²) in [6.45, 7) is 9.98. The van der Waals surface area contributed by atoms with Gasteiger partial charge in [0.1, 0.15) is 11.4 Å². The number of rotatable bonds is 5. The quantitative estimate of drug-likeness (QED) is 0.853. The zero-order valence-electron chi connectivity index (χ0n) is 10.4. The van der Waals surface area contributed by atoms with Crippen LogP contribution in [0.1, 0.15) is 26.3 Å². The van der Waals surface area contributed by atoms with Gasteiger partial charge in [0.25, 0.3) is 0 Å². The second-order valence-corrected chi connectivity index (χ2v) is 4.96.